The first-order valence-electron chi connectivity index (χ1n) is 8.94. The monoisotopic (exact) mass is 295 g/mol. The van der Waals surface area contributed by atoms with E-state index in [0.29, 0.717) is 11.5 Å². The highest BCUT2D eigenvalue weighted by atomic mass is 15.3. The van der Waals surface area contributed by atoms with Gasteiger partial charge in [0.1, 0.15) is 0 Å². The fraction of sp³-hybridized carbons (Fsp3) is 1.00. The van der Waals surface area contributed by atoms with Crippen LogP contribution in [0.3, 0.4) is 0 Å². The minimum Gasteiger partial charge on any atom is -0.329 e. The Balaban J connectivity index is 2.08. The van der Waals surface area contributed by atoms with Gasteiger partial charge in [0.05, 0.1) is 0 Å². The molecule has 1 saturated carbocycles. The Morgan fingerprint density at radius 1 is 1.14 bits per heavy atom. The average Bonchev–Trinajstić information content (AvgIpc) is 2.58. The van der Waals surface area contributed by atoms with Crippen LogP contribution in [0.4, 0.5) is 0 Å². The number of hydrogen-bond donors (Lipinski definition) is 1. The van der Waals surface area contributed by atoms with Crippen molar-refractivity contribution in [3.8, 4) is 0 Å². The topological polar surface area (TPSA) is 32.5 Å². The molecule has 0 amide bonds. The van der Waals surface area contributed by atoms with E-state index in [9.17, 15) is 0 Å². The van der Waals surface area contributed by atoms with Gasteiger partial charge in [0, 0.05) is 31.2 Å². The molecule has 2 rings (SSSR count). The molecule has 21 heavy (non-hydrogen) atoms. The smallest absolute Gasteiger partial charge is 0.0335 e. The first-order chi connectivity index (χ1) is 9.78. The Bertz CT molecular complexity index is 326. The lowest BCUT2D eigenvalue weighted by atomic mass is 9.66. The summed E-state index contributed by atoms with van der Waals surface area (Å²) in [6.45, 7) is 14.1. The fourth-order valence-electron chi connectivity index (χ4n) is 4.71. The van der Waals surface area contributed by atoms with Crippen molar-refractivity contribution in [3.63, 3.8) is 0 Å². The van der Waals surface area contributed by atoms with Crippen molar-refractivity contribution in [1.29, 1.82) is 0 Å². The van der Waals surface area contributed by atoms with Crippen LogP contribution in [0.15, 0.2) is 0 Å². The predicted octanol–water partition coefficient (Wildman–Crippen LogP) is 2.95. The van der Waals surface area contributed by atoms with E-state index in [1.165, 1.54) is 51.7 Å². The quantitative estimate of drug-likeness (QED) is 0.850. The molecule has 1 unspecified atom stereocenters. The van der Waals surface area contributed by atoms with Crippen molar-refractivity contribution in [1.82, 2.24) is 9.80 Å². The molecule has 1 heterocycles. The molecule has 0 aromatic rings. The van der Waals surface area contributed by atoms with Gasteiger partial charge in [-0.05, 0) is 64.0 Å². The lowest BCUT2D eigenvalue weighted by Crippen LogP contribution is -2.60. The van der Waals surface area contributed by atoms with E-state index in [1.807, 2.05) is 0 Å². The molecule has 1 atom stereocenters. The van der Waals surface area contributed by atoms with Crippen molar-refractivity contribution >= 4 is 0 Å². The largest absolute Gasteiger partial charge is 0.329 e. The van der Waals surface area contributed by atoms with Crippen molar-refractivity contribution in [2.75, 3.05) is 33.2 Å². The second-order valence-corrected chi connectivity index (χ2v) is 8.73. The van der Waals surface area contributed by atoms with Gasteiger partial charge >= 0.3 is 0 Å². The van der Waals surface area contributed by atoms with Crippen LogP contribution in [0.2, 0.25) is 0 Å². The van der Waals surface area contributed by atoms with Gasteiger partial charge in [-0.1, -0.05) is 20.8 Å². The normalized spacial score (nSPS) is 37.4. The molecular formula is C18H37N3. The zero-order chi connectivity index (χ0) is 15.7. The van der Waals surface area contributed by atoms with Gasteiger partial charge in [-0.15, -0.1) is 0 Å². The molecule has 1 aliphatic heterocycles. The van der Waals surface area contributed by atoms with E-state index < -0.39 is 0 Å². The molecule has 124 valence electrons. The van der Waals surface area contributed by atoms with E-state index in [4.69, 9.17) is 5.73 Å². The summed E-state index contributed by atoms with van der Waals surface area (Å²) in [6, 6.07) is 0.632. The van der Waals surface area contributed by atoms with Crippen LogP contribution in [0.1, 0.15) is 59.8 Å². The minimum absolute atomic E-state index is 0.270. The number of nitrogens with two attached hydrogens (primary N) is 1. The van der Waals surface area contributed by atoms with E-state index in [0.717, 1.165) is 12.5 Å². The van der Waals surface area contributed by atoms with Crippen LogP contribution in [0.25, 0.3) is 0 Å². The summed E-state index contributed by atoms with van der Waals surface area (Å²) in [6.07, 6.45) is 6.56. The lowest BCUT2D eigenvalue weighted by molar-refractivity contribution is -0.000855. The highest BCUT2D eigenvalue weighted by Gasteiger charge is 2.43. The Morgan fingerprint density at radius 2 is 1.76 bits per heavy atom. The predicted molar refractivity (Wildman–Crippen MR) is 91.5 cm³/mol. The molecule has 2 fully saturated rings. The second-order valence-electron chi connectivity index (χ2n) is 8.73. The Morgan fingerprint density at radius 3 is 2.29 bits per heavy atom. The van der Waals surface area contributed by atoms with Gasteiger partial charge in [0.15, 0.2) is 0 Å². The summed E-state index contributed by atoms with van der Waals surface area (Å²) in [5, 5.41) is 0. The first kappa shape index (κ1) is 17.2. The van der Waals surface area contributed by atoms with E-state index in [-0.39, 0.29) is 5.54 Å². The molecule has 2 aliphatic rings. The van der Waals surface area contributed by atoms with Crippen LogP contribution < -0.4 is 5.73 Å². The molecule has 0 aromatic carbocycles. The maximum absolute atomic E-state index is 6.32. The molecule has 1 saturated heterocycles. The fourth-order valence-corrected chi connectivity index (χ4v) is 4.71. The van der Waals surface area contributed by atoms with Crippen LogP contribution in [0.5, 0.6) is 0 Å². The van der Waals surface area contributed by atoms with Crippen molar-refractivity contribution in [2.24, 2.45) is 17.1 Å². The highest BCUT2D eigenvalue weighted by molar-refractivity contribution is 5.00. The molecule has 0 aromatic heterocycles. The molecule has 1 aliphatic carbocycles. The van der Waals surface area contributed by atoms with E-state index in [1.54, 1.807) is 0 Å². The third-order valence-corrected chi connectivity index (χ3v) is 6.18. The summed E-state index contributed by atoms with van der Waals surface area (Å²) in [5.41, 5.74) is 7.04. The summed E-state index contributed by atoms with van der Waals surface area (Å²) in [4.78, 5) is 5.26. The van der Waals surface area contributed by atoms with Gasteiger partial charge in [-0.2, -0.15) is 0 Å². The third-order valence-electron chi connectivity index (χ3n) is 6.18. The molecule has 0 bridgehead atoms. The molecule has 0 radical (unpaired) electrons. The number of hydrogen-bond acceptors (Lipinski definition) is 3. The van der Waals surface area contributed by atoms with Crippen LogP contribution in [-0.2, 0) is 0 Å². The van der Waals surface area contributed by atoms with Gasteiger partial charge in [0.2, 0.25) is 0 Å². The third kappa shape index (κ3) is 3.80. The van der Waals surface area contributed by atoms with Gasteiger partial charge in [0.25, 0.3) is 0 Å². The van der Waals surface area contributed by atoms with E-state index in [2.05, 4.69) is 44.5 Å². The maximum Gasteiger partial charge on any atom is 0.0335 e. The number of nitrogens with zero attached hydrogens (tertiary/aromatic N) is 2. The summed E-state index contributed by atoms with van der Waals surface area (Å²) >= 11 is 0. The van der Waals surface area contributed by atoms with Crippen LogP contribution >= 0.6 is 0 Å². The van der Waals surface area contributed by atoms with Crippen LogP contribution in [0, 0.1) is 11.3 Å². The molecule has 0 spiro atoms. The van der Waals surface area contributed by atoms with Gasteiger partial charge in [-0.25, -0.2) is 0 Å². The highest BCUT2D eigenvalue weighted by Crippen LogP contribution is 2.44. The van der Waals surface area contributed by atoms with E-state index >= 15 is 0 Å². The average molecular weight is 296 g/mol. The van der Waals surface area contributed by atoms with Crippen molar-refractivity contribution in [3.05, 3.63) is 0 Å². The minimum atomic E-state index is 0.270. The zero-order valence-corrected chi connectivity index (χ0v) is 15.0. The standard InChI is InChI=1S/C18H37N3/c1-15-13-20(5)11-6-12-21(15)18(14-19)9-7-16(8-10-18)17(2,3)4/h15-16H,6-14,19H2,1-5H3. The summed E-state index contributed by atoms with van der Waals surface area (Å²) < 4.78 is 0. The summed E-state index contributed by atoms with van der Waals surface area (Å²) in [7, 11) is 2.26. The zero-order valence-electron chi connectivity index (χ0n) is 15.0. The molecule has 3 heteroatoms. The first-order valence-corrected chi connectivity index (χ1v) is 8.94. The van der Waals surface area contributed by atoms with Gasteiger partial charge < -0.3 is 10.6 Å². The summed E-state index contributed by atoms with van der Waals surface area (Å²) in [5.74, 6) is 0.863. The molecule has 3 nitrogen and oxygen atoms in total. The second kappa shape index (κ2) is 6.55. The molecular weight excluding hydrogens is 258 g/mol. The van der Waals surface area contributed by atoms with Crippen molar-refractivity contribution in [2.45, 2.75) is 71.4 Å². The SMILES string of the molecule is CC1CN(C)CCCN1C1(CN)CCC(C(C)(C)C)CC1. The Hall–Kier alpha value is -0.120. The number of rotatable bonds is 2. The van der Waals surface area contributed by atoms with Crippen molar-refractivity contribution < 1.29 is 0 Å². The molecule has 2 N–H and O–H groups in total. The maximum atomic E-state index is 6.32. The van der Waals surface area contributed by atoms with Gasteiger partial charge in [-0.3, -0.25) is 4.90 Å². The lowest BCUT2D eigenvalue weighted by Gasteiger charge is -2.51. The van der Waals surface area contributed by atoms with Crippen LogP contribution in [-0.4, -0.2) is 54.6 Å². The Labute approximate surface area is 132 Å². The number of likely N-dealkylation sites (N-methyl/N-ethyl adjacent to an activating group) is 1. The Kier molecular flexibility index (Phi) is 5.38.